The molecule has 2 aromatic carbocycles. The van der Waals surface area contributed by atoms with Gasteiger partial charge in [-0.2, -0.15) is 0 Å². The summed E-state index contributed by atoms with van der Waals surface area (Å²) >= 11 is 5.80. The molecule has 0 aromatic heterocycles. The molecule has 0 radical (unpaired) electrons. The summed E-state index contributed by atoms with van der Waals surface area (Å²) < 4.78 is 5.49. The Hall–Kier alpha value is -2.00. The van der Waals surface area contributed by atoms with Gasteiger partial charge >= 0.3 is 0 Å². The molecular weight excluding hydrogens is 298 g/mol. The summed E-state index contributed by atoms with van der Waals surface area (Å²) in [6, 6.07) is 14.8. The Morgan fingerprint density at radius 1 is 1.14 bits per heavy atom. The molecule has 4 heteroatoms. The first-order chi connectivity index (χ1) is 10.6. The van der Waals surface area contributed by atoms with Gasteiger partial charge in [-0.1, -0.05) is 37.6 Å². The maximum Gasteiger partial charge on any atom is 0.262 e. The molecule has 2 rings (SSSR count). The molecule has 0 spiro atoms. The number of nitrogens with one attached hydrogen (secondary N) is 1. The fraction of sp³-hybridized carbons (Fsp3) is 0.278. The number of anilines is 1. The number of amides is 1. The maximum atomic E-state index is 11.8. The smallest absolute Gasteiger partial charge is 0.262 e. The quantitative estimate of drug-likeness (QED) is 0.825. The van der Waals surface area contributed by atoms with Gasteiger partial charge in [0, 0.05) is 10.7 Å². The van der Waals surface area contributed by atoms with Gasteiger partial charge in [-0.15, -0.1) is 0 Å². The molecule has 2 aromatic rings. The predicted molar refractivity (Wildman–Crippen MR) is 90.7 cm³/mol. The largest absolute Gasteiger partial charge is 0.484 e. The Balaban J connectivity index is 1.84. The number of benzene rings is 2. The standard InChI is InChI=1S/C18H20ClNO2/c1-3-13(2)14-4-10-17(11-5-14)22-12-18(21)20-16-8-6-15(19)7-9-16/h4-11,13H,3,12H2,1-2H3,(H,20,21)/t13-/m0/s1. The van der Waals surface area contributed by atoms with Crippen molar-refractivity contribution in [2.45, 2.75) is 26.2 Å². The monoisotopic (exact) mass is 317 g/mol. The number of halogens is 1. The van der Waals surface area contributed by atoms with E-state index < -0.39 is 0 Å². The van der Waals surface area contributed by atoms with E-state index in [-0.39, 0.29) is 12.5 Å². The van der Waals surface area contributed by atoms with E-state index in [1.807, 2.05) is 24.3 Å². The van der Waals surface area contributed by atoms with Crippen LogP contribution in [0.2, 0.25) is 5.02 Å². The number of ether oxygens (including phenoxy) is 1. The van der Waals surface area contributed by atoms with Crippen molar-refractivity contribution in [3.05, 3.63) is 59.1 Å². The number of carbonyl (C=O) groups is 1. The molecule has 0 heterocycles. The molecule has 0 aliphatic carbocycles. The van der Waals surface area contributed by atoms with Gasteiger partial charge in [0.05, 0.1) is 0 Å². The fourth-order valence-corrected chi connectivity index (χ4v) is 2.13. The van der Waals surface area contributed by atoms with Crippen molar-refractivity contribution in [3.63, 3.8) is 0 Å². The summed E-state index contributed by atoms with van der Waals surface area (Å²) in [6.07, 6.45) is 1.10. The van der Waals surface area contributed by atoms with Gasteiger partial charge in [0.25, 0.3) is 5.91 Å². The summed E-state index contributed by atoms with van der Waals surface area (Å²) in [5, 5.41) is 3.39. The predicted octanol–water partition coefficient (Wildman–Crippen LogP) is 4.87. The van der Waals surface area contributed by atoms with E-state index in [0.29, 0.717) is 22.4 Å². The number of carbonyl (C=O) groups excluding carboxylic acids is 1. The first-order valence-corrected chi connectivity index (χ1v) is 7.74. The molecule has 0 aliphatic heterocycles. The average molecular weight is 318 g/mol. The Kier molecular flexibility index (Phi) is 5.84. The molecule has 22 heavy (non-hydrogen) atoms. The minimum Gasteiger partial charge on any atom is -0.484 e. The van der Waals surface area contributed by atoms with E-state index >= 15 is 0 Å². The molecule has 0 unspecified atom stereocenters. The van der Waals surface area contributed by atoms with Crippen molar-refractivity contribution >= 4 is 23.2 Å². The van der Waals surface area contributed by atoms with Crippen LogP contribution in [0.15, 0.2) is 48.5 Å². The third-order valence-electron chi connectivity index (χ3n) is 3.56. The first kappa shape index (κ1) is 16.4. The third-order valence-corrected chi connectivity index (χ3v) is 3.81. The zero-order chi connectivity index (χ0) is 15.9. The van der Waals surface area contributed by atoms with Gasteiger partial charge < -0.3 is 10.1 Å². The van der Waals surface area contributed by atoms with Crippen LogP contribution >= 0.6 is 11.6 Å². The van der Waals surface area contributed by atoms with Crippen LogP contribution in [0.3, 0.4) is 0 Å². The van der Waals surface area contributed by atoms with Gasteiger partial charge in [0.1, 0.15) is 5.75 Å². The van der Waals surface area contributed by atoms with Crippen molar-refractivity contribution in [2.24, 2.45) is 0 Å². The van der Waals surface area contributed by atoms with Gasteiger partial charge in [0.2, 0.25) is 0 Å². The normalized spacial score (nSPS) is 11.8. The van der Waals surface area contributed by atoms with Crippen LogP contribution in [0.25, 0.3) is 0 Å². The van der Waals surface area contributed by atoms with E-state index in [4.69, 9.17) is 16.3 Å². The molecule has 0 saturated carbocycles. The van der Waals surface area contributed by atoms with Gasteiger partial charge in [-0.3, -0.25) is 4.79 Å². The minimum absolute atomic E-state index is 0.0225. The lowest BCUT2D eigenvalue weighted by molar-refractivity contribution is -0.118. The average Bonchev–Trinajstić information content (AvgIpc) is 2.55. The van der Waals surface area contributed by atoms with Gasteiger partial charge in [-0.25, -0.2) is 0 Å². The van der Waals surface area contributed by atoms with Crippen molar-refractivity contribution in [1.29, 1.82) is 0 Å². The van der Waals surface area contributed by atoms with Crippen LogP contribution in [0.1, 0.15) is 31.7 Å². The molecule has 1 atom stereocenters. The van der Waals surface area contributed by atoms with E-state index in [9.17, 15) is 4.79 Å². The molecule has 1 N–H and O–H groups in total. The number of hydrogen-bond donors (Lipinski definition) is 1. The zero-order valence-corrected chi connectivity index (χ0v) is 13.6. The Bertz CT molecular complexity index is 608. The lowest BCUT2D eigenvalue weighted by Crippen LogP contribution is -2.20. The lowest BCUT2D eigenvalue weighted by atomic mass is 9.99. The van der Waals surface area contributed by atoms with Gasteiger partial charge in [0.15, 0.2) is 6.61 Å². The summed E-state index contributed by atoms with van der Waals surface area (Å²) in [7, 11) is 0. The topological polar surface area (TPSA) is 38.3 Å². The van der Waals surface area contributed by atoms with Crippen molar-refractivity contribution in [1.82, 2.24) is 0 Å². The summed E-state index contributed by atoms with van der Waals surface area (Å²) in [5.41, 5.74) is 1.98. The van der Waals surface area contributed by atoms with Crippen molar-refractivity contribution < 1.29 is 9.53 Å². The second kappa shape index (κ2) is 7.85. The van der Waals surface area contributed by atoms with Gasteiger partial charge in [-0.05, 0) is 54.3 Å². The molecule has 0 fully saturated rings. The van der Waals surface area contributed by atoms with Crippen molar-refractivity contribution in [2.75, 3.05) is 11.9 Å². The second-order valence-electron chi connectivity index (χ2n) is 5.22. The zero-order valence-electron chi connectivity index (χ0n) is 12.8. The van der Waals surface area contributed by atoms with Crippen LogP contribution in [-0.4, -0.2) is 12.5 Å². The highest BCUT2D eigenvalue weighted by Crippen LogP contribution is 2.21. The summed E-state index contributed by atoms with van der Waals surface area (Å²) in [5.74, 6) is 1.02. The lowest BCUT2D eigenvalue weighted by Gasteiger charge is -2.11. The molecule has 116 valence electrons. The maximum absolute atomic E-state index is 11.8. The van der Waals surface area contributed by atoms with E-state index in [0.717, 1.165) is 6.42 Å². The second-order valence-corrected chi connectivity index (χ2v) is 5.66. The van der Waals surface area contributed by atoms with Crippen LogP contribution < -0.4 is 10.1 Å². The fourth-order valence-electron chi connectivity index (χ4n) is 2.01. The number of hydrogen-bond acceptors (Lipinski definition) is 2. The minimum atomic E-state index is -0.201. The SMILES string of the molecule is CC[C@H](C)c1ccc(OCC(=O)Nc2ccc(Cl)cc2)cc1. The van der Waals surface area contributed by atoms with Crippen LogP contribution in [0.4, 0.5) is 5.69 Å². The highest BCUT2D eigenvalue weighted by Gasteiger charge is 2.05. The van der Waals surface area contributed by atoms with Crippen LogP contribution in [0.5, 0.6) is 5.75 Å². The Morgan fingerprint density at radius 2 is 1.77 bits per heavy atom. The summed E-state index contributed by atoms with van der Waals surface area (Å²) in [4.78, 5) is 11.8. The number of rotatable bonds is 6. The van der Waals surface area contributed by atoms with Crippen molar-refractivity contribution in [3.8, 4) is 5.75 Å². The molecule has 0 saturated heterocycles. The molecule has 0 aliphatic rings. The molecule has 3 nitrogen and oxygen atoms in total. The van der Waals surface area contributed by atoms with E-state index in [1.165, 1.54) is 5.56 Å². The Labute approximate surface area is 136 Å². The molecule has 1 amide bonds. The van der Waals surface area contributed by atoms with Crippen LogP contribution in [-0.2, 0) is 4.79 Å². The van der Waals surface area contributed by atoms with Crippen LogP contribution in [0, 0.1) is 0 Å². The summed E-state index contributed by atoms with van der Waals surface area (Å²) in [6.45, 7) is 4.33. The Morgan fingerprint density at radius 3 is 2.36 bits per heavy atom. The van der Waals surface area contributed by atoms with E-state index in [2.05, 4.69) is 19.2 Å². The molecular formula is C18H20ClNO2. The highest BCUT2D eigenvalue weighted by atomic mass is 35.5. The first-order valence-electron chi connectivity index (χ1n) is 7.36. The highest BCUT2D eigenvalue weighted by molar-refractivity contribution is 6.30. The third kappa shape index (κ3) is 4.78. The molecule has 0 bridgehead atoms. The van der Waals surface area contributed by atoms with E-state index in [1.54, 1.807) is 24.3 Å².